The first-order chi connectivity index (χ1) is 20.0. The standard InChI is InChI=1S/C36H36N4OSi/c1-36(2,3)26-20-24(19-25(21-26)31-16-15-28(22-38-31)42(4,5)6)29-13-10-14-32-34(29)39-35(30-23-37-18-17-33(30)41)40(32)27-11-8-7-9-12-27/h7-23H,1-6H3,(H,37,41). The maximum absolute atomic E-state index is 13.0. The van der Waals surface area contributed by atoms with Gasteiger partial charge in [0.05, 0.1) is 30.4 Å². The molecule has 3 aromatic heterocycles. The molecule has 0 saturated heterocycles. The number of nitrogens with zero attached hydrogens (tertiary/aromatic N) is 3. The third kappa shape index (κ3) is 5.14. The molecule has 0 aliphatic carbocycles. The van der Waals surface area contributed by atoms with Crippen molar-refractivity contribution in [1.29, 1.82) is 0 Å². The summed E-state index contributed by atoms with van der Waals surface area (Å²) < 4.78 is 2.08. The van der Waals surface area contributed by atoms with E-state index in [1.54, 1.807) is 18.5 Å². The Morgan fingerprint density at radius 3 is 2.24 bits per heavy atom. The van der Waals surface area contributed by atoms with Gasteiger partial charge < -0.3 is 4.98 Å². The zero-order valence-corrected chi connectivity index (χ0v) is 26.1. The zero-order chi connectivity index (χ0) is 29.6. The van der Waals surface area contributed by atoms with E-state index in [1.807, 2.05) is 30.3 Å². The van der Waals surface area contributed by atoms with E-state index in [4.69, 9.17) is 9.97 Å². The largest absolute Gasteiger partial charge is 0.367 e. The highest BCUT2D eigenvalue weighted by Gasteiger charge is 2.22. The third-order valence-electron chi connectivity index (χ3n) is 7.80. The molecule has 5 nitrogen and oxygen atoms in total. The minimum absolute atomic E-state index is 0.0667. The maximum Gasteiger partial charge on any atom is 0.192 e. The third-order valence-corrected chi connectivity index (χ3v) is 9.83. The Bertz CT molecular complexity index is 1960. The van der Waals surface area contributed by atoms with E-state index in [9.17, 15) is 4.79 Å². The van der Waals surface area contributed by atoms with Crippen molar-refractivity contribution in [3.05, 3.63) is 119 Å². The molecule has 3 aromatic carbocycles. The lowest BCUT2D eigenvalue weighted by atomic mass is 9.83. The van der Waals surface area contributed by atoms with Crippen LogP contribution in [0, 0.1) is 0 Å². The molecule has 0 radical (unpaired) electrons. The average molecular weight is 569 g/mol. The van der Waals surface area contributed by atoms with Crippen LogP contribution in [-0.4, -0.2) is 27.6 Å². The van der Waals surface area contributed by atoms with Crippen LogP contribution in [0.15, 0.2) is 108 Å². The molecular formula is C36H36N4OSi. The van der Waals surface area contributed by atoms with E-state index in [2.05, 4.69) is 105 Å². The lowest BCUT2D eigenvalue weighted by Crippen LogP contribution is -2.37. The average Bonchev–Trinajstić information content (AvgIpc) is 3.36. The molecule has 0 aliphatic rings. The van der Waals surface area contributed by atoms with Crippen LogP contribution in [-0.2, 0) is 5.41 Å². The predicted octanol–water partition coefficient (Wildman–Crippen LogP) is 7.95. The summed E-state index contributed by atoms with van der Waals surface area (Å²) in [6.07, 6.45) is 5.43. The van der Waals surface area contributed by atoms with Crippen molar-refractivity contribution in [2.24, 2.45) is 0 Å². The second kappa shape index (κ2) is 10.4. The highest BCUT2D eigenvalue weighted by Crippen LogP contribution is 2.37. The monoisotopic (exact) mass is 568 g/mol. The minimum atomic E-state index is -1.45. The molecular weight excluding hydrogens is 533 g/mol. The van der Waals surface area contributed by atoms with Gasteiger partial charge in [0, 0.05) is 41.5 Å². The van der Waals surface area contributed by atoms with Crippen molar-refractivity contribution in [3.63, 3.8) is 0 Å². The predicted molar refractivity (Wildman–Crippen MR) is 177 cm³/mol. The summed E-state index contributed by atoms with van der Waals surface area (Å²) in [5, 5.41) is 1.35. The number of benzene rings is 3. The Morgan fingerprint density at radius 2 is 1.57 bits per heavy atom. The molecule has 0 spiro atoms. The first-order valence-electron chi connectivity index (χ1n) is 14.4. The number of para-hydroxylation sites is 2. The van der Waals surface area contributed by atoms with Gasteiger partial charge in [-0.15, -0.1) is 0 Å². The molecule has 6 aromatic rings. The fourth-order valence-corrected chi connectivity index (χ4v) is 6.35. The number of H-pyrrole nitrogens is 1. The molecule has 0 amide bonds. The molecule has 6 rings (SSSR count). The molecule has 0 fully saturated rings. The lowest BCUT2D eigenvalue weighted by molar-refractivity contribution is 0.590. The number of aromatic nitrogens is 4. The molecule has 0 atom stereocenters. The van der Waals surface area contributed by atoms with Gasteiger partial charge in [-0.05, 0) is 58.1 Å². The summed E-state index contributed by atoms with van der Waals surface area (Å²) in [4.78, 5) is 26.2. The fourth-order valence-electron chi connectivity index (χ4n) is 5.31. The summed E-state index contributed by atoms with van der Waals surface area (Å²) in [5.74, 6) is 0.612. The van der Waals surface area contributed by atoms with E-state index in [0.717, 1.165) is 39.1 Å². The van der Waals surface area contributed by atoms with Crippen molar-refractivity contribution < 1.29 is 0 Å². The number of pyridine rings is 2. The molecule has 1 N–H and O–H groups in total. The quantitative estimate of drug-likeness (QED) is 0.215. The Balaban J connectivity index is 1.61. The van der Waals surface area contributed by atoms with Crippen LogP contribution < -0.4 is 10.6 Å². The van der Waals surface area contributed by atoms with Gasteiger partial charge in [0.1, 0.15) is 0 Å². The summed E-state index contributed by atoms with van der Waals surface area (Å²) >= 11 is 0. The van der Waals surface area contributed by atoms with E-state index < -0.39 is 8.07 Å². The van der Waals surface area contributed by atoms with Crippen molar-refractivity contribution in [2.45, 2.75) is 45.8 Å². The van der Waals surface area contributed by atoms with Gasteiger partial charge in [-0.1, -0.05) is 82.9 Å². The first-order valence-corrected chi connectivity index (χ1v) is 17.9. The maximum atomic E-state index is 13.0. The van der Waals surface area contributed by atoms with Gasteiger partial charge in [-0.25, -0.2) is 4.98 Å². The van der Waals surface area contributed by atoms with Crippen LogP contribution in [0.1, 0.15) is 26.3 Å². The number of rotatable bonds is 5. The van der Waals surface area contributed by atoms with Gasteiger partial charge in [0.2, 0.25) is 0 Å². The first kappa shape index (κ1) is 27.6. The molecule has 6 heteroatoms. The fraction of sp³-hybridized carbons (Fsp3) is 0.194. The van der Waals surface area contributed by atoms with Crippen LogP contribution >= 0.6 is 0 Å². The topological polar surface area (TPSA) is 63.6 Å². The number of hydrogen-bond donors (Lipinski definition) is 1. The number of imidazole rings is 1. The van der Waals surface area contributed by atoms with E-state index in [0.29, 0.717) is 11.4 Å². The van der Waals surface area contributed by atoms with E-state index in [-0.39, 0.29) is 10.8 Å². The Hall–Kier alpha value is -4.55. The summed E-state index contributed by atoms with van der Waals surface area (Å²) in [6, 6.07) is 29.0. The van der Waals surface area contributed by atoms with Gasteiger partial charge >= 0.3 is 0 Å². The van der Waals surface area contributed by atoms with Crippen LogP contribution in [0.5, 0.6) is 0 Å². The van der Waals surface area contributed by atoms with E-state index >= 15 is 0 Å². The number of nitrogens with one attached hydrogen (secondary N) is 1. The van der Waals surface area contributed by atoms with Crippen molar-refractivity contribution in [2.75, 3.05) is 0 Å². The van der Waals surface area contributed by atoms with Crippen LogP contribution in [0.25, 0.3) is 50.5 Å². The molecule has 0 bridgehead atoms. The van der Waals surface area contributed by atoms with E-state index in [1.165, 1.54) is 10.8 Å². The number of fused-ring (bicyclic) bond motifs is 1. The van der Waals surface area contributed by atoms with Gasteiger partial charge in [0.15, 0.2) is 11.3 Å². The van der Waals surface area contributed by atoms with Crippen molar-refractivity contribution in [3.8, 4) is 39.5 Å². The SMILES string of the molecule is CC(C)(C)c1cc(-c2ccc([Si](C)(C)C)cn2)cc(-c2cccc3c2nc(-c2c[nH]ccc2=O)n3-c2ccccc2)c1. The Morgan fingerprint density at radius 1 is 0.810 bits per heavy atom. The summed E-state index contributed by atoms with van der Waals surface area (Å²) in [6.45, 7) is 13.7. The number of aromatic amines is 1. The molecule has 3 heterocycles. The second-order valence-electron chi connectivity index (χ2n) is 12.9. The lowest BCUT2D eigenvalue weighted by Gasteiger charge is -2.22. The summed E-state index contributed by atoms with van der Waals surface area (Å²) in [7, 11) is -1.45. The van der Waals surface area contributed by atoms with Crippen molar-refractivity contribution in [1.82, 2.24) is 19.5 Å². The van der Waals surface area contributed by atoms with Crippen LogP contribution in [0.4, 0.5) is 0 Å². The molecule has 0 unspecified atom stereocenters. The Labute approximate surface area is 248 Å². The molecule has 0 saturated carbocycles. The van der Waals surface area contributed by atoms with Crippen molar-refractivity contribution >= 4 is 24.3 Å². The minimum Gasteiger partial charge on any atom is -0.367 e. The molecule has 210 valence electrons. The molecule has 42 heavy (non-hydrogen) atoms. The van der Waals surface area contributed by atoms with Gasteiger partial charge in [-0.2, -0.15) is 0 Å². The highest BCUT2D eigenvalue weighted by atomic mass is 28.3. The Kier molecular flexibility index (Phi) is 6.82. The van der Waals surface area contributed by atoms with Crippen LogP contribution in [0.3, 0.4) is 0 Å². The second-order valence-corrected chi connectivity index (χ2v) is 18.0. The highest BCUT2D eigenvalue weighted by molar-refractivity contribution is 6.88. The van der Waals surface area contributed by atoms with Gasteiger partial charge in [0.25, 0.3) is 0 Å². The molecule has 0 aliphatic heterocycles. The zero-order valence-electron chi connectivity index (χ0n) is 25.1. The van der Waals surface area contributed by atoms with Crippen LogP contribution in [0.2, 0.25) is 19.6 Å². The smallest absolute Gasteiger partial charge is 0.192 e. The van der Waals surface area contributed by atoms with Gasteiger partial charge in [-0.3, -0.25) is 14.3 Å². The normalized spacial score (nSPS) is 12.1. The number of hydrogen-bond acceptors (Lipinski definition) is 3. The summed E-state index contributed by atoms with van der Waals surface area (Å²) in [5.41, 5.74) is 8.48.